The molecule has 0 N–H and O–H groups in total. The normalized spacial score (nSPS) is 12.2. The third-order valence-corrected chi connectivity index (χ3v) is 9.58. The molecule has 0 unspecified atom stereocenters. The predicted octanol–water partition coefficient (Wildman–Crippen LogP) is 5.72. The highest BCUT2D eigenvalue weighted by molar-refractivity contribution is 8.75. The molecule has 0 amide bonds. The van der Waals surface area contributed by atoms with E-state index in [0.717, 1.165) is 15.8 Å². The van der Waals surface area contributed by atoms with Gasteiger partial charge in [0.25, 0.3) is 5.69 Å². The molecule has 0 radical (unpaired) electrons. The van der Waals surface area contributed by atoms with Crippen molar-refractivity contribution in [3.8, 4) is 0 Å². The number of rotatable bonds is 9. The van der Waals surface area contributed by atoms with E-state index in [-0.39, 0.29) is 12.2 Å². The van der Waals surface area contributed by atoms with Crippen molar-refractivity contribution in [2.75, 3.05) is 11.5 Å². The summed E-state index contributed by atoms with van der Waals surface area (Å²) in [6, 6.07) is 0. The Labute approximate surface area is 146 Å². The topological polar surface area (TPSA) is 21.7 Å². The highest BCUT2D eigenvalue weighted by Gasteiger charge is 2.28. The summed E-state index contributed by atoms with van der Waals surface area (Å²) >= 11 is 15.9. The van der Waals surface area contributed by atoms with Gasteiger partial charge in [-0.3, -0.25) is 0 Å². The molecule has 9 heteroatoms. The van der Waals surface area contributed by atoms with Gasteiger partial charge in [-0.25, -0.2) is 3.71 Å². The molecule has 0 aliphatic carbocycles. The number of hydrogen-bond acceptors (Lipinski definition) is 7. The van der Waals surface area contributed by atoms with Gasteiger partial charge in [0.1, 0.15) is 0 Å². The maximum atomic E-state index is 5.86. The van der Waals surface area contributed by atoms with E-state index < -0.39 is 5.69 Å². The third-order valence-electron chi connectivity index (χ3n) is 1.51. The van der Waals surface area contributed by atoms with Gasteiger partial charge in [0.2, 0.25) is 0 Å². The van der Waals surface area contributed by atoms with E-state index in [4.69, 9.17) is 33.1 Å². The summed E-state index contributed by atoms with van der Waals surface area (Å²) in [6.07, 6.45) is 0.0574. The quantitative estimate of drug-likeness (QED) is 0.278. The van der Waals surface area contributed by atoms with Gasteiger partial charge < -0.3 is 9.05 Å². The van der Waals surface area contributed by atoms with Crippen LogP contribution in [0.3, 0.4) is 0 Å². The molecule has 0 bridgehead atoms. The Morgan fingerprint density at radius 2 is 1.45 bits per heavy atom. The minimum atomic E-state index is -2.45. The van der Waals surface area contributed by atoms with Crippen LogP contribution in [0.15, 0.2) is 0 Å². The van der Waals surface area contributed by atoms with E-state index in [9.17, 15) is 0 Å². The van der Waals surface area contributed by atoms with Gasteiger partial charge in [-0.2, -0.15) is 0 Å². The second-order valence-electron chi connectivity index (χ2n) is 4.21. The minimum absolute atomic E-state index is 0.0287. The van der Waals surface area contributed by atoms with Crippen molar-refractivity contribution in [1.29, 1.82) is 0 Å². The van der Waals surface area contributed by atoms with Crippen LogP contribution < -0.4 is 0 Å². The second kappa shape index (κ2) is 11.1. The molecule has 0 saturated carbocycles. The van der Waals surface area contributed by atoms with Gasteiger partial charge in [0, 0.05) is 11.5 Å². The lowest BCUT2D eigenvalue weighted by atomic mass is 10.5. The van der Waals surface area contributed by atoms with Crippen molar-refractivity contribution in [1.82, 2.24) is 3.71 Å². The first-order valence-corrected chi connectivity index (χ1v) is 12.9. The maximum Gasteiger partial charge on any atom is 0.254 e. The molecular formula is C11H24NO2PS5. The van der Waals surface area contributed by atoms with Crippen LogP contribution in [-0.2, 0) is 20.9 Å². The summed E-state index contributed by atoms with van der Waals surface area (Å²) < 4.78 is 14.5. The van der Waals surface area contributed by atoms with Crippen molar-refractivity contribution in [2.45, 2.75) is 53.8 Å². The molecular weight excluding hydrogens is 369 g/mol. The van der Waals surface area contributed by atoms with Crippen LogP contribution in [0.25, 0.3) is 0 Å². The van der Waals surface area contributed by atoms with Gasteiger partial charge in [-0.15, -0.1) is 0 Å². The molecule has 0 spiro atoms. The zero-order valence-electron chi connectivity index (χ0n) is 12.8. The fourth-order valence-corrected chi connectivity index (χ4v) is 10.4. The molecule has 3 nitrogen and oxygen atoms in total. The fourth-order valence-electron chi connectivity index (χ4n) is 1.09. The van der Waals surface area contributed by atoms with Crippen LogP contribution >= 0.6 is 53.2 Å². The Bertz CT molecular complexity index is 321. The summed E-state index contributed by atoms with van der Waals surface area (Å²) in [7, 11) is 0. The average Bonchev–Trinajstić information content (AvgIpc) is 2.25. The fraction of sp³-hybridized carbons (Fsp3) is 0.909. The van der Waals surface area contributed by atoms with Crippen LogP contribution in [0.4, 0.5) is 0 Å². The van der Waals surface area contributed by atoms with E-state index in [1.54, 1.807) is 23.9 Å². The van der Waals surface area contributed by atoms with Crippen molar-refractivity contribution in [3.63, 3.8) is 0 Å². The summed E-state index contributed by atoms with van der Waals surface area (Å²) in [6.45, 7) is 12.1. The summed E-state index contributed by atoms with van der Waals surface area (Å²) in [5.74, 6) is 1.93. The summed E-state index contributed by atoms with van der Waals surface area (Å²) in [4.78, 5) is 0. The molecule has 0 atom stereocenters. The smallest absolute Gasteiger partial charge is 0.254 e. The summed E-state index contributed by atoms with van der Waals surface area (Å²) in [5.41, 5.74) is -2.45. The van der Waals surface area contributed by atoms with Crippen LogP contribution in [0.1, 0.15) is 41.5 Å². The van der Waals surface area contributed by atoms with Crippen LogP contribution in [0.5, 0.6) is 0 Å². The van der Waals surface area contributed by atoms with E-state index in [1.165, 1.54) is 11.4 Å². The molecule has 0 aromatic carbocycles. The van der Waals surface area contributed by atoms with Crippen molar-refractivity contribution >= 4 is 69.3 Å². The van der Waals surface area contributed by atoms with Crippen LogP contribution in [0, 0.1) is 0 Å². The van der Waals surface area contributed by atoms with Gasteiger partial charge in [0.05, 0.1) is 12.2 Å². The van der Waals surface area contributed by atoms with Crippen molar-refractivity contribution < 1.29 is 9.05 Å². The lowest BCUT2D eigenvalue weighted by Crippen LogP contribution is -2.14. The molecule has 0 saturated heterocycles. The van der Waals surface area contributed by atoms with Crippen LogP contribution in [-0.4, -0.2) is 31.7 Å². The molecule has 120 valence electrons. The Balaban J connectivity index is 4.85. The SMILES string of the molecule is CCSN(SCC)C(=S)SP(=S)(OC(C)C)OC(C)C. The van der Waals surface area contributed by atoms with Gasteiger partial charge in [0.15, 0.2) is 4.32 Å². The average molecular weight is 394 g/mol. The first kappa shape index (κ1) is 21.5. The first-order chi connectivity index (χ1) is 9.24. The minimum Gasteiger partial charge on any atom is -0.319 e. The Kier molecular flexibility index (Phi) is 11.9. The van der Waals surface area contributed by atoms with Crippen molar-refractivity contribution in [3.05, 3.63) is 0 Å². The van der Waals surface area contributed by atoms with Gasteiger partial charge >= 0.3 is 0 Å². The van der Waals surface area contributed by atoms with E-state index in [2.05, 4.69) is 13.8 Å². The molecule has 20 heavy (non-hydrogen) atoms. The molecule has 0 rings (SSSR count). The second-order valence-corrected chi connectivity index (χ2v) is 13.5. The number of nitrogens with zero attached hydrogens (tertiary/aromatic N) is 1. The Morgan fingerprint density at radius 3 is 1.75 bits per heavy atom. The largest absolute Gasteiger partial charge is 0.319 e. The van der Waals surface area contributed by atoms with E-state index in [1.807, 2.05) is 31.4 Å². The Morgan fingerprint density at radius 1 is 1.05 bits per heavy atom. The molecule has 0 heterocycles. The molecule has 0 aliphatic heterocycles. The van der Waals surface area contributed by atoms with Gasteiger partial charge in [-0.05, 0) is 74.8 Å². The standard InChI is InChI=1S/C11H24NO2PS5/c1-7-18-12(19-8-2)11(16)20-15(17,13-9(3)4)14-10(5)6/h9-10H,7-8H2,1-6H3. The highest BCUT2D eigenvalue weighted by atomic mass is 32.9. The lowest BCUT2D eigenvalue weighted by Gasteiger charge is -2.28. The zero-order valence-corrected chi connectivity index (χ0v) is 17.8. The lowest BCUT2D eigenvalue weighted by molar-refractivity contribution is 0.186. The third kappa shape index (κ3) is 9.51. The Hall–Kier alpha value is 1.51. The molecule has 0 fully saturated rings. The van der Waals surface area contributed by atoms with Crippen LogP contribution in [0.2, 0.25) is 0 Å². The maximum absolute atomic E-state index is 5.86. The highest BCUT2D eigenvalue weighted by Crippen LogP contribution is 2.63. The van der Waals surface area contributed by atoms with Crippen molar-refractivity contribution in [2.24, 2.45) is 0 Å². The summed E-state index contributed by atoms with van der Waals surface area (Å²) in [5, 5.41) is 0. The van der Waals surface area contributed by atoms with Gasteiger partial charge in [-0.1, -0.05) is 26.1 Å². The molecule has 0 aliphatic rings. The monoisotopic (exact) mass is 393 g/mol. The first-order valence-electron chi connectivity index (χ1n) is 6.50. The van der Waals surface area contributed by atoms with E-state index in [0.29, 0.717) is 0 Å². The van der Waals surface area contributed by atoms with E-state index >= 15 is 0 Å². The molecule has 0 aromatic heterocycles. The number of thiocarbonyl (C=S) groups is 1. The predicted molar refractivity (Wildman–Crippen MR) is 105 cm³/mol. The molecule has 0 aromatic rings. The zero-order chi connectivity index (χ0) is 15.8. The number of hydrogen-bond donors (Lipinski definition) is 0.